The van der Waals surface area contributed by atoms with Crippen LogP contribution in [-0.2, 0) is 0 Å². The van der Waals surface area contributed by atoms with Crippen molar-refractivity contribution in [3.63, 3.8) is 0 Å². The summed E-state index contributed by atoms with van der Waals surface area (Å²) >= 11 is 9.08. The van der Waals surface area contributed by atoms with E-state index in [1.165, 1.54) is 12.1 Å². The van der Waals surface area contributed by atoms with Gasteiger partial charge in [-0.05, 0) is 24.3 Å². The molecular weight excluding hydrogens is 325 g/mol. The maximum absolute atomic E-state index is 13.6. The molecule has 1 N–H and O–H groups in total. The SMILES string of the molecule is OC(c1ccc(F)cc1F)c1cc(Cl)ccc1Br. The van der Waals surface area contributed by atoms with Gasteiger partial charge in [-0.2, -0.15) is 0 Å². The molecule has 0 aliphatic carbocycles. The molecule has 1 nitrogen and oxygen atoms in total. The van der Waals surface area contributed by atoms with E-state index >= 15 is 0 Å². The normalized spacial score (nSPS) is 12.5. The highest BCUT2D eigenvalue weighted by atomic mass is 79.9. The van der Waals surface area contributed by atoms with Gasteiger partial charge in [-0.1, -0.05) is 33.6 Å². The Morgan fingerprint density at radius 2 is 1.78 bits per heavy atom. The highest BCUT2D eigenvalue weighted by Crippen LogP contribution is 2.32. The van der Waals surface area contributed by atoms with E-state index in [4.69, 9.17) is 11.6 Å². The van der Waals surface area contributed by atoms with Crippen molar-refractivity contribution in [3.8, 4) is 0 Å². The Morgan fingerprint density at radius 3 is 2.44 bits per heavy atom. The zero-order valence-electron chi connectivity index (χ0n) is 9.00. The summed E-state index contributed by atoms with van der Waals surface area (Å²) in [5.74, 6) is -1.48. The first kappa shape index (κ1) is 13.5. The van der Waals surface area contributed by atoms with Gasteiger partial charge in [0.2, 0.25) is 0 Å². The van der Waals surface area contributed by atoms with Crippen molar-refractivity contribution in [1.82, 2.24) is 0 Å². The summed E-state index contributed by atoms with van der Waals surface area (Å²) in [6.07, 6.45) is -1.21. The third-order valence-corrected chi connectivity index (χ3v) is 3.47. The quantitative estimate of drug-likeness (QED) is 0.860. The van der Waals surface area contributed by atoms with Gasteiger partial charge in [-0.3, -0.25) is 0 Å². The first-order chi connectivity index (χ1) is 8.49. The number of hydrogen-bond acceptors (Lipinski definition) is 1. The molecule has 94 valence electrons. The monoisotopic (exact) mass is 332 g/mol. The molecule has 2 aromatic rings. The Labute approximate surface area is 116 Å². The van der Waals surface area contributed by atoms with Crippen LogP contribution in [0, 0.1) is 11.6 Å². The molecule has 0 aliphatic rings. The van der Waals surface area contributed by atoms with Gasteiger partial charge in [0.1, 0.15) is 17.7 Å². The highest BCUT2D eigenvalue weighted by Gasteiger charge is 2.18. The number of rotatable bonds is 2. The van der Waals surface area contributed by atoms with Crippen LogP contribution < -0.4 is 0 Å². The van der Waals surface area contributed by atoms with Gasteiger partial charge < -0.3 is 5.11 Å². The first-order valence-electron chi connectivity index (χ1n) is 5.07. The van der Waals surface area contributed by atoms with Crippen LogP contribution in [0.15, 0.2) is 40.9 Å². The van der Waals surface area contributed by atoms with E-state index in [1.54, 1.807) is 12.1 Å². The van der Waals surface area contributed by atoms with E-state index in [9.17, 15) is 13.9 Å². The Kier molecular flexibility index (Phi) is 4.00. The Hall–Kier alpha value is -0.970. The second kappa shape index (κ2) is 5.34. The molecule has 0 fully saturated rings. The number of benzene rings is 2. The topological polar surface area (TPSA) is 20.2 Å². The molecule has 0 bridgehead atoms. The van der Waals surface area contributed by atoms with Crippen molar-refractivity contribution in [2.45, 2.75) is 6.10 Å². The highest BCUT2D eigenvalue weighted by molar-refractivity contribution is 9.10. The summed E-state index contributed by atoms with van der Waals surface area (Å²) in [7, 11) is 0. The van der Waals surface area contributed by atoms with Crippen molar-refractivity contribution in [2.75, 3.05) is 0 Å². The van der Waals surface area contributed by atoms with Crippen molar-refractivity contribution in [1.29, 1.82) is 0 Å². The van der Waals surface area contributed by atoms with E-state index in [1.807, 2.05) is 0 Å². The smallest absolute Gasteiger partial charge is 0.132 e. The molecule has 2 rings (SSSR count). The first-order valence-corrected chi connectivity index (χ1v) is 6.24. The summed E-state index contributed by atoms with van der Waals surface area (Å²) in [4.78, 5) is 0. The van der Waals surface area contributed by atoms with Gasteiger partial charge in [0.15, 0.2) is 0 Å². The largest absolute Gasteiger partial charge is 0.384 e. The van der Waals surface area contributed by atoms with Gasteiger partial charge in [-0.15, -0.1) is 0 Å². The average molecular weight is 334 g/mol. The van der Waals surface area contributed by atoms with Crippen LogP contribution in [0.5, 0.6) is 0 Å². The van der Waals surface area contributed by atoms with E-state index in [0.717, 1.165) is 12.1 Å². The molecular formula is C13H8BrClF2O. The van der Waals surface area contributed by atoms with Crippen LogP contribution in [0.2, 0.25) is 5.02 Å². The van der Waals surface area contributed by atoms with Crippen LogP contribution in [0.4, 0.5) is 8.78 Å². The molecule has 1 unspecified atom stereocenters. The van der Waals surface area contributed by atoms with Crippen molar-refractivity contribution in [3.05, 3.63) is 68.7 Å². The molecule has 5 heteroatoms. The van der Waals surface area contributed by atoms with Crippen LogP contribution in [-0.4, -0.2) is 5.11 Å². The van der Waals surface area contributed by atoms with Crippen LogP contribution in [0.1, 0.15) is 17.2 Å². The van der Waals surface area contributed by atoms with E-state index in [2.05, 4.69) is 15.9 Å². The summed E-state index contributed by atoms with van der Waals surface area (Å²) < 4.78 is 27.0. The minimum atomic E-state index is -1.21. The fraction of sp³-hybridized carbons (Fsp3) is 0.0769. The number of halogens is 4. The molecule has 0 amide bonds. The molecule has 0 aliphatic heterocycles. The molecule has 0 spiro atoms. The number of hydrogen-bond donors (Lipinski definition) is 1. The van der Waals surface area contributed by atoms with Crippen LogP contribution in [0.25, 0.3) is 0 Å². The molecule has 0 saturated heterocycles. The number of aliphatic hydroxyl groups excluding tert-OH is 1. The Bertz CT molecular complexity index is 589. The zero-order chi connectivity index (χ0) is 13.3. The lowest BCUT2D eigenvalue weighted by molar-refractivity contribution is 0.214. The zero-order valence-corrected chi connectivity index (χ0v) is 11.3. The summed E-state index contributed by atoms with van der Waals surface area (Å²) in [6.45, 7) is 0. The second-order valence-electron chi connectivity index (χ2n) is 3.73. The van der Waals surface area contributed by atoms with Crippen molar-refractivity contribution < 1.29 is 13.9 Å². The Morgan fingerprint density at radius 1 is 1.06 bits per heavy atom. The predicted octanol–water partition coefficient (Wildman–Crippen LogP) is 4.46. The molecule has 1 atom stereocenters. The molecule has 0 aromatic heterocycles. The van der Waals surface area contributed by atoms with Gasteiger partial charge >= 0.3 is 0 Å². The van der Waals surface area contributed by atoms with Gasteiger partial charge in [0, 0.05) is 26.7 Å². The average Bonchev–Trinajstić information content (AvgIpc) is 2.31. The maximum Gasteiger partial charge on any atom is 0.132 e. The fourth-order valence-electron chi connectivity index (χ4n) is 1.61. The standard InChI is InChI=1S/C13H8BrClF2O/c14-11-4-1-7(15)5-10(11)13(18)9-3-2-8(16)6-12(9)17/h1-6,13,18H. The summed E-state index contributed by atoms with van der Waals surface area (Å²) in [6, 6.07) is 7.87. The molecule has 2 aromatic carbocycles. The van der Waals surface area contributed by atoms with Crippen LogP contribution in [0.3, 0.4) is 0 Å². The third-order valence-electron chi connectivity index (χ3n) is 2.51. The lowest BCUT2D eigenvalue weighted by atomic mass is 10.0. The Balaban J connectivity index is 2.47. The van der Waals surface area contributed by atoms with Gasteiger partial charge in [-0.25, -0.2) is 8.78 Å². The second-order valence-corrected chi connectivity index (χ2v) is 5.02. The maximum atomic E-state index is 13.6. The molecule has 0 heterocycles. The van der Waals surface area contributed by atoms with Crippen LogP contribution >= 0.6 is 27.5 Å². The summed E-state index contributed by atoms with van der Waals surface area (Å²) in [5.41, 5.74) is 0.423. The number of aliphatic hydroxyl groups is 1. The molecule has 18 heavy (non-hydrogen) atoms. The lowest BCUT2D eigenvalue weighted by Crippen LogP contribution is -2.04. The minimum Gasteiger partial charge on any atom is -0.384 e. The van der Waals surface area contributed by atoms with Gasteiger partial charge in [0.05, 0.1) is 0 Å². The third kappa shape index (κ3) is 2.71. The van der Waals surface area contributed by atoms with Crippen molar-refractivity contribution >= 4 is 27.5 Å². The fourth-order valence-corrected chi connectivity index (χ4v) is 2.26. The van der Waals surface area contributed by atoms with E-state index < -0.39 is 17.7 Å². The van der Waals surface area contributed by atoms with Gasteiger partial charge in [0.25, 0.3) is 0 Å². The molecule has 0 radical (unpaired) electrons. The summed E-state index contributed by atoms with van der Waals surface area (Å²) in [5, 5.41) is 10.5. The lowest BCUT2D eigenvalue weighted by Gasteiger charge is -2.14. The van der Waals surface area contributed by atoms with E-state index in [-0.39, 0.29) is 5.56 Å². The molecule has 0 saturated carbocycles. The van der Waals surface area contributed by atoms with E-state index in [0.29, 0.717) is 15.1 Å². The minimum absolute atomic E-state index is 0.000586. The predicted molar refractivity (Wildman–Crippen MR) is 69.6 cm³/mol. The van der Waals surface area contributed by atoms with Crippen molar-refractivity contribution in [2.24, 2.45) is 0 Å².